The fourth-order valence-corrected chi connectivity index (χ4v) is 1.20. The first kappa shape index (κ1) is 14.5. The summed E-state index contributed by atoms with van der Waals surface area (Å²) < 4.78 is 72.9. The van der Waals surface area contributed by atoms with Crippen molar-refractivity contribution in [3.05, 3.63) is 18.0 Å². The lowest BCUT2D eigenvalue weighted by Crippen LogP contribution is -2.25. The molecule has 0 aliphatic heterocycles. The van der Waals surface area contributed by atoms with Crippen LogP contribution in [0.1, 0.15) is 19.0 Å². The van der Waals surface area contributed by atoms with Crippen LogP contribution in [0.25, 0.3) is 0 Å². The average Bonchev–Trinajstić information content (AvgIpc) is 2.13. The van der Waals surface area contributed by atoms with Crippen molar-refractivity contribution in [2.45, 2.75) is 31.7 Å². The Labute approximate surface area is 98.2 Å². The van der Waals surface area contributed by atoms with Crippen LogP contribution in [0.2, 0.25) is 0 Å². The maximum Gasteiger partial charge on any atom is 0.433 e. The van der Waals surface area contributed by atoms with E-state index in [0.29, 0.717) is 6.07 Å². The summed E-state index contributed by atoms with van der Waals surface area (Å²) in [5.74, 6) is -0.485. The second-order valence-corrected chi connectivity index (χ2v) is 3.63. The normalized spacial score (nSPS) is 14.4. The number of nitrogens with one attached hydrogen (secondary N) is 1. The highest BCUT2D eigenvalue weighted by molar-refractivity contribution is 5.27. The SMILES string of the molecule is CC(CC(F)(F)F)Nc1nccc(C(F)(F)F)n1. The Morgan fingerprint density at radius 1 is 1.22 bits per heavy atom. The fourth-order valence-electron chi connectivity index (χ4n) is 1.20. The zero-order valence-electron chi connectivity index (χ0n) is 9.10. The molecule has 1 aromatic heterocycles. The van der Waals surface area contributed by atoms with Crippen molar-refractivity contribution in [1.29, 1.82) is 0 Å². The summed E-state index contributed by atoms with van der Waals surface area (Å²) >= 11 is 0. The Morgan fingerprint density at radius 3 is 2.33 bits per heavy atom. The highest BCUT2D eigenvalue weighted by atomic mass is 19.4. The molecule has 0 aliphatic carbocycles. The number of rotatable bonds is 3. The monoisotopic (exact) mass is 273 g/mol. The maximum atomic E-state index is 12.3. The van der Waals surface area contributed by atoms with Gasteiger partial charge in [-0.05, 0) is 13.0 Å². The first-order chi connectivity index (χ1) is 8.08. The minimum Gasteiger partial charge on any atom is -0.351 e. The van der Waals surface area contributed by atoms with E-state index in [4.69, 9.17) is 0 Å². The van der Waals surface area contributed by atoms with E-state index in [2.05, 4.69) is 15.3 Å². The van der Waals surface area contributed by atoms with Crippen LogP contribution in [-0.4, -0.2) is 22.2 Å². The summed E-state index contributed by atoms with van der Waals surface area (Å²) in [6.07, 6.45) is -9.42. The molecule has 1 N–H and O–H groups in total. The van der Waals surface area contributed by atoms with Gasteiger partial charge >= 0.3 is 12.4 Å². The number of alkyl halides is 6. The molecule has 0 aliphatic rings. The second-order valence-electron chi connectivity index (χ2n) is 3.63. The molecule has 0 bridgehead atoms. The van der Waals surface area contributed by atoms with E-state index < -0.39 is 36.5 Å². The Morgan fingerprint density at radius 2 is 1.83 bits per heavy atom. The molecule has 3 nitrogen and oxygen atoms in total. The molecule has 0 amide bonds. The van der Waals surface area contributed by atoms with Crippen molar-refractivity contribution in [2.75, 3.05) is 5.32 Å². The lowest BCUT2D eigenvalue weighted by atomic mass is 10.2. The highest BCUT2D eigenvalue weighted by Gasteiger charge is 2.33. The van der Waals surface area contributed by atoms with Gasteiger partial charge in [-0.3, -0.25) is 0 Å². The van der Waals surface area contributed by atoms with Crippen molar-refractivity contribution in [3.63, 3.8) is 0 Å². The van der Waals surface area contributed by atoms with Crippen LogP contribution in [-0.2, 0) is 6.18 Å². The van der Waals surface area contributed by atoms with Gasteiger partial charge < -0.3 is 5.32 Å². The van der Waals surface area contributed by atoms with Crippen LogP contribution in [0.4, 0.5) is 32.3 Å². The van der Waals surface area contributed by atoms with Crippen molar-refractivity contribution >= 4 is 5.95 Å². The fraction of sp³-hybridized carbons (Fsp3) is 0.556. The number of aromatic nitrogens is 2. The smallest absolute Gasteiger partial charge is 0.351 e. The maximum absolute atomic E-state index is 12.3. The molecule has 9 heteroatoms. The van der Waals surface area contributed by atoms with E-state index in [0.717, 1.165) is 6.20 Å². The van der Waals surface area contributed by atoms with Gasteiger partial charge in [0, 0.05) is 12.2 Å². The molecule has 1 rings (SSSR count). The van der Waals surface area contributed by atoms with Gasteiger partial charge in [0.2, 0.25) is 5.95 Å². The van der Waals surface area contributed by atoms with Gasteiger partial charge in [-0.15, -0.1) is 0 Å². The molecule has 1 unspecified atom stereocenters. The highest BCUT2D eigenvalue weighted by Crippen LogP contribution is 2.28. The van der Waals surface area contributed by atoms with Gasteiger partial charge in [-0.2, -0.15) is 26.3 Å². The predicted molar refractivity (Wildman–Crippen MR) is 50.8 cm³/mol. The Balaban J connectivity index is 2.74. The van der Waals surface area contributed by atoms with E-state index in [1.165, 1.54) is 6.92 Å². The van der Waals surface area contributed by atoms with Crippen molar-refractivity contribution < 1.29 is 26.3 Å². The molecule has 1 atom stereocenters. The van der Waals surface area contributed by atoms with Crippen LogP contribution in [0.5, 0.6) is 0 Å². The van der Waals surface area contributed by atoms with E-state index in [9.17, 15) is 26.3 Å². The van der Waals surface area contributed by atoms with E-state index in [-0.39, 0.29) is 0 Å². The quantitative estimate of drug-likeness (QED) is 0.859. The molecule has 0 radical (unpaired) electrons. The van der Waals surface area contributed by atoms with Gasteiger partial charge in [0.15, 0.2) is 0 Å². The van der Waals surface area contributed by atoms with Gasteiger partial charge in [-0.25, -0.2) is 9.97 Å². The van der Waals surface area contributed by atoms with E-state index >= 15 is 0 Å². The van der Waals surface area contributed by atoms with Crippen molar-refractivity contribution in [3.8, 4) is 0 Å². The summed E-state index contributed by atoms with van der Waals surface area (Å²) in [5.41, 5.74) is -1.21. The third-order valence-corrected chi connectivity index (χ3v) is 1.86. The Bertz CT molecular complexity index is 400. The third-order valence-electron chi connectivity index (χ3n) is 1.86. The van der Waals surface area contributed by atoms with Gasteiger partial charge in [-0.1, -0.05) is 0 Å². The molecule has 0 saturated carbocycles. The summed E-state index contributed by atoms with van der Waals surface area (Å²) in [5, 5.41) is 2.17. The Kier molecular flexibility index (Phi) is 4.02. The number of hydrogen-bond donors (Lipinski definition) is 1. The molecule has 18 heavy (non-hydrogen) atoms. The number of hydrogen-bond acceptors (Lipinski definition) is 3. The standard InChI is InChI=1S/C9H9F6N3/c1-5(4-8(10,11)12)17-7-16-3-2-6(18-7)9(13,14)15/h2-3,5H,4H2,1H3,(H,16,17,18). The number of anilines is 1. The number of halogens is 6. The zero-order valence-corrected chi connectivity index (χ0v) is 9.10. The molecule has 0 fully saturated rings. The number of nitrogens with zero attached hydrogens (tertiary/aromatic N) is 2. The molecule has 102 valence electrons. The van der Waals surface area contributed by atoms with Crippen LogP contribution >= 0.6 is 0 Å². The zero-order chi connectivity index (χ0) is 14.0. The topological polar surface area (TPSA) is 37.8 Å². The average molecular weight is 273 g/mol. The lowest BCUT2D eigenvalue weighted by Gasteiger charge is -2.16. The van der Waals surface area contributed by atoms with Crippen molar-refractivity contribution in [2.24, 2.45) is 0 Å². The minimum atomic E-state index is -4.66. The second kappa shape index (κ2) is 4.99. The lowest BCUT2D eigenvalue weighted by molar-refractivity contribution is -0.141. The molecule has 0 spiro atoms. The van der Waals surface area contributed by atoms with E-state index in [1.54, 1.807) is 0 Å². The largest absolute Gasteiger partial charge is 0.433 e. The Hall–Kier alpha value is -1.54. The summed E-state index contributed by atoms with van der Waals surface area (Å²) in [4.78, 5) is 6.53. The van der Waals surface area contributed by atoms with Gasteiger partial charge in [0.25, 0.3) is 0 Å². The summed E-state index contributed by atoms with van der Waals surface area (Å²) in [7, 11) is 0. The first-order valence-corrected chi connectivity index (χ1v) is 4.81. The summed E-state index contributed by atoms with van der Waals surface area (Å²) in [6, 6.07) is -0.479. The molecular formula is C9H9F6N3. The van der Waals surface area contributed by atoms with Crippen molar-refractivity contribution in [1.82, 2.24) is 9.97 Å². The van der Waals surface area contributed by atoms with Gasteiger partial charge in [0.05, 0.1) is 6.42 Å². The molecule has 0 saturated heterocycles. The molecular weight excluding hydrogens is 264 g/mol. The predicted octanol–water partition coefficient (Wildman–Crippen LogP) is 3.25. The van der Waals surface area contributed by atoms with Crippen LogP contribution in [0.15, 0.2) is 12.3 Å². The third kappa shape index (κ3) is 4.76. The minimum absolute atomic E-state index is 0.485. The first-order valence-electron chi connectivity index (χ1n) is 4.81. The van der Waals surface area contributed by atoms with Crippen LogP contribution in [0.3, 0.4) is 0 Å². The molecule has 0 aromatic carbocycles. The van der Waals surface area contributed by atoms with Gasteiger partial charge in [0.1, 0.15) is 5.69 Å². The van der Waals surface area contributed by atoms with E-state index in [1.807, 2.05) is 0 Å². The molecule has 1 aromatic rings. The van der Waals surface area contributed by atoms with Crippen LogP contribution < -0.4 is 5.32 Å². The summed E-state index contributed by atoms with van der Waals surface area (Å²) in [6.45, 7) is 1.18. The van der Waals surface area contributed by atoms with Crippen LogP contribution in [0, 0.1) is 0 Å². The molecule has 1 heterocycles.